The second-order valence-electron chi connectivity index (χ2n) is 5.43. The Morgan fingerprint density at radius 3 is 2.65 bits per heavy atom. The van der Waals surface area contributed by atoms with E-state index in [1.807, 2.05) is 0 Å². The number of carbonyl (C=O) groups excluding carboxylic acids is 1. The predicted octanol–water partition coefficient (Wildman–Crippen LogP) is 4.32. The van der Waals surface area contributed by atoms with Crippen LogP contribution in [-0.4, -0.2) is 26.9 Å². The van der Waals surface area contributed by atoms with Crippen LogP contribution in [0.5, 0.6) is 11.6 Å². The molecule has 0 bridgehead atoms. The second kappa shape index (κ2) is 6.97. The molecule has 0 aliphatic rings. The van der Waals surface area contributed by atoms with E-state index in [2.05, 4.69) is 20.5 Å². The number of hydrogen-bond acceptors (Lipinski definition) is 6. The molecule has 0 aliphatic heterocycles. The minimum absolute atomic E-state index is 0.0149. The molecule has 122 valence electrons. The number of nitrogens with one attached hydrogen (secondary N) is 1. The molecule has 0 radical (unpaired) electrons. The van der Waals surface area contributed by atoms with Crippen LogP contribution in [0.2, 0.25) is 10.4 Å². The summed E-state index contributed by atoms with van der Waals surface area (Å²) < 4.78 is 10.7. The molecule has 0 atom stereocenters. The molecule has 1 amide bonds. The van der Waals surface area contributed by atoms with Crippen LogP contribution in [0.15, 0.2) is 24.3 Å². The summed E-state index contributed by atoms with van der Waals surface area (Å²) in [5, 5.41) is 9.57. The van der Waals surface area contributed by atoms with Gasteiger partial charge in [0.15, 0.2) is 0 Å². The lowest BCUT2D eigenvalue weighted by Gasteiger charge is -2.19. The van der Waals surface area contributed by atoms with Crippen LogP contribution in [-0.2, 0) is 4.74 Å². The molecule has 0 saturated carbocycles. The summed E-state index contributed by atoms with van der Waals surface area (Å²) in [5.74, 6) is 0.401. The van der Waals surface area contributed by atoms with Crippen molar-refractivity contribution in [1.29, 1.82) is 0 Å². The summed E-state index contributed by atoms with van der Waals surface area (Å²) in [5.41, 5.74) is -0.101. The third kappa shape index (κ3) is 5.54. The standard InChI is InChI=1S/C14H14Cl2N4O3/c1-14(2,3)23-13(21)17-8-5-4-6-9(7-8)22-11-10(15)19-20-12(16)18-11/h4-7H,1-3H3,(H,17,21). The summed E-state index contributed by atoms with van der Waals surface area (Å²) in [7, 11) is 0. The van der Waals surface area contributed by atoms with Crippen LogP contribution in [0.1, 0.15) is 20.8 Å². The highest BCUT2D eigenvalue weighted by Crippen LogP contribution is 2.27. The maximum Gasteiger partial charge on any atom is 0.412 e. The smallest absolute Gasteiger partial charge is 0.412 e. The highest BCUT2D eigenvalue weighted by Gasteiger charge is 2.16. The van der Waals surface area contributed by atoms with Crippen molar-refractivity contribution in [1.82, 2.24) is 15.2 Å². The topological polar surface area (TPSA) is 86.2 Å². The molecule has 9 heteroatoms. The van der Waals surface area contributed by atoms with Gasteiger partial charge in [0.2, 0.25) is 10.4 Å². The van der Waals surface area contributed by atoms with Gasteiger partial charge in [-0.1, -0.05) is 17.7 Å². The summed E-state index contributed by atoms with van der Waals surface area (Å²) in [4.78, 5) is 15.6. The van der Waals surface area contributed by atoms with Gasteiger partial charge in [0.25, 0.3) is 5.88 Å². The van der Waals surface area contributed by atoms with E-state index in [4.69, 9.17) is 32.7 Å². The number of carbonyl (C=O) groups is 1. The van der Waals surface area contributed by atoms with E-state index in [-0.39, 0.29) is 16.3 Å². The first-order valence-corrected chi connectivity index (χ1v) is 7.32. The van der Waals surface area contributed by atoms with Crippen LogP contribution >= 0.6 is 23.2 Å². The number of amides is 1. The number of halogens is 2. The average Bonchev–Trinajstić information content (AvgIpc) is 2.41. The zero-order valence-electron chi connectivity index (χ0n) is 12.6. The van der Waals surface area contributed by atoms with E-state index in [0.29, 0.717) is 11.4 Å². The highest BCUT2D eigenvalue weighted by atomic mass is 35.5. The Labute approximate surface area is 142 Å². The lowest BCUT2D eigenvalue weighted by molar-refractivity contribution is 0.0636. The molecule has 0 aliphatic carbocycles. The van der Waals surface area contributed by atoms with Crippen molar-refractivity contribution in [2.45, 2.75) is 26.4 Å². The SMILES string of the molecule is CC(C)(C)OC(=O)Nc1cccc(Oc2nc(Cl)nnc2Cl)c1. The van der Waals surface area contributed by atoms with Gasteiger partial charge in [-0.2, -0.15) is 4.98 Å². The van der Waals surface area contributed by atoms with Gasteiger partial charge in [-0.25, -0.2) is 4.79 Å². The Kier molecular flexibility index (Phi) is 5.23. The molecular weight excluding hydrogens is 343 g/mol. The lowest BCUT2D eigenvalue weighted by Crippen LogP contribution is -2.27. The largest absolute Gasteiger partial charge is 0.444 e. The highest BCUT2D eigenvalue weighted by molar-refractivity contribution is 6.31. The quantitative estimate of drug-likeness (QED) is 0.881. The van der Waals surface area contributed by atoms with Crippen LogP contribution in [0, 0.1) is 0 Å². The number of anilines is 1. The molecular formula is C14H14Cl2N4O3. The van der Waals surface area contributed by atoms with Crippen LogP contribution in [0.4, 0.5) is 10.5 Å². The number of nitrogens with zero attached hydrogens (tertiary/aromatic N) is 3. The van der Waals surface area contributed by atoms with Gasteiger partial charge < -0.3 is 9.47 Å². The van der Waals surface area contributed by atoms with Crippen molar-refractivity contribution in [3.05, 3.63) is 34.7 Å². The minimum Gasteiger partial charge on any atom is -0.444 e. The first kappa shape index (κ1) is 17.2. The van der Waals surface area contributed by atoms with Gasteiger partial charge in [-0.3, -0.25) is 5.32 Å². The minimum atomic E-state index is -0.588. The maximum absolute atomic E-state index is 11.8. The number of ether oxygens (including phenoxy) is 2. The van der Waals surface area contributed by atoms with Gasteiger partial charge >= 0.3 is 6.09 Å². The summed E-state index contributed by atoms with van der Waals surface area (Å²) in [6, 6.07) is 6.61. The first-order chi connectivity index (χ1) is 10.7. The average molecular weight is 357 g/mol. The molecule has 23 heavy (non-hydrogen) atoms. The van der Waals surface area contributed by atoms with Crippen molar-refractivity contribution < 1.29 is 14.3 Å². The second-order valence-corrected chi connectivity index (χ2v) is 6.13. The van der Waals surface area contributed by atoms with E-state index >= 15 is 0 Å². The van der Waals surface area contributed by atoms with E-state index in [1.54, 1.807) is 45.0 Å². The fourth-order valence-corrected chi connectivity index (χ4v) is 1.75. The molecule has 1 aromatic heterocycles. The molecule has 7 nitrogen and oxygen atoms in total. The fourth-order valence-electron chi connectivity index (χ4n) is 1.52. The Balaban J connectivity index is 2.11. The monoisotopic (exact) mass is 356 g/mol. The van der Waals surface area contributed by atoms with Gasteiger partial charge in [0.1, 0.15) is 11.4 Å². The summed E-state index contributed by atoms with van der Waals surface area (Å²) >= 11 is 11.5. The number of hydrogen-bond donors (Lipinski definition) is 1. The summed E-state index contributed by atoms with van der Waals surface area (Å²) in [6.45, 7) is 5.33. The van der Waals surface area contributed by atoms with E-state index < -0.39 is 11.7 Å². The normalized spacial score (nSPS) is 11.0. The fraction of sp³-hybridized carbons (Fsp3) is 0.286. The van der Waals surface area contributed by atoms with Gasteiger partial charge in [0.05, 0.1) is 0 Å². The number of benzene rings is 1. The molecule has 0 fully saturated rings. The maximum atomic E-state index is 11.8. The predicted molar refractivity (Wildman–Crippen MR) is 86.2 cm³/mol. The van der Waals surface area contributed by atoms with Crippen molar-refractivity contribution >= 4 is 35.0 Å². The lowest BCUT2D eigenvalue weighted by atomic mass is 10.2. The Morgan fingerprint density at radius 2 is 1.96 bits per heavy atom. The third-order valence-electron chi connectivity index (χ3n) is 2.28. The van der Waals surface area contributed by atoms with Crippen molar-refractivity contribution in [2.24, 2.45) is 0 Å². The van der Waals surface area contributed by atoms with Crippen molar-refractivity contribution in [2.75, 3.05) is 5.32 Å². The first-order valence-electron chi connectivity index (χ1n) is 6.56. The molecule has 1 heterocycles. The molecule has 2 rings (SSSR count). The van der Waals surface area contributed by atoms with Crippen LogP contribution in [0.3, 0.4) is 0 Å². The number of rotatable bonds is 3. The molecule has 2 aromatic rings. The zero-order valence-corrected chi connectivity index (χ0v) is 14.1. The van der Waals surface area contributed by atoms with E-state index in [1.165, 1.54) is 0 Å². The van der Waals surface area contributed by atoms with Gasteiger partial charge in [-0.05, 0) is 44.5 Å². The Morgan fingerprint density at radius 1 is 1.22 bits per heavy atom. The molecule has 1 N–H and O–H groups in total. The van der Waals surface area contributed by atoms with Gasteiger partial charge in [-0.15, -0.1) is 10.2 Å². The van der Waals surface area contributed by atoms with Gasteiger partial charge in [0, 0.05) is 11.8 Å². The molecule has 0 unspecified atom stereocenters. The summed E-state index contributed by atoms with van der Waals surface area (Å²) in [6.07, 6.45) is -0.570. The van der Waals surface area contributed by atoms with Crippen LogP contribution < -0.4 is 10.1 Å². The Hall–Kier alpha value is -2.12. The molecule has 0 saturated heterocycles. The van der Waals surface area contributed by atoms with E-state index in [9.17, 15) is 4.79 Å². The Bertz CT molecular complexity index is 719. The zero-order chi connectivity index (χ0) is 17.0. The van der Waals surface area contributed by atoms with Crippen molar-refractivity contribution in [3.63, 3.8) is 0 Å². The third-order valence-corrected chi connectivity index (χ3v) is 2.68. The molecule has 1 aromatic carbocycles. The van der Waals surface area contributed by atoms with E-state index in [0.717, 1.165) is 0 Å². The molecule has 0 spiro atoms. The number of aromatic nitrogens is 3. The van der Waals surface area contributed by atoms with Crippen molar-refractivity contribution in [3.8, 4) is 11.6 Å². The van der Waals surface area contributed by atoms with Crippen LogP contribution in [0.25, 0.3) is 0 Å².